The molecule has 1 aliphatic heterocycles. The highest BCUT2D eigenvalue weighted by Gasteiger charge is 2.46. The van der Waals surface area contributed by atoms with Gasteiger partial charge in [0.1, 0.15) is 0 Å². The Morgan fingerprint density at radius 2 is 1.81 bits per heavy atom. The van der Waals surface area contributed by atoms with E-state index in [9.17, 15) is 4.79 Å². The van der Waals surface area contributed by atoms with Crippen LogP contribution in [0, 0.1) is 29.1 Å². The van der Waals surface area contributed by atoms with Gasteiger partial charge in [0.2, 0.25) is 5.91 Å². The molecule has 1 amide bonds. The van der Waals surface area contributed by atoms with E-state index >= 15 is 0 Å². The van der Waals surface area contributed by atoms with Crippen molar-refractivity contribution in [3.8, 4) is 0 Å². The van der Waals surface area contributed by atoms with Crippen molar-refractivity contribution in [1.29, 1.82) is 0 Å². The number of amides is 1. The van der Waals surface area contributed by atoms with Crippen molar-refractivity contribution >= 4 is 5.91 Å². The lowest BCUT2D eigenvalue weighted by Gasteiger charge is -2.27. The molecule has 1 saturated carbocycles. The molecule has 1 heterocycles. The SMILES string of the molecule is C[C@@H]1[C@H]2CN(C(=O)C(C)(C)C)C[C@H]2C[C@H]1C. The van der Waals surface area contributed by atoms with Crippen molar-refractivity contribution in [3.63, 3.8) is 0 Å². The molecule has 2 rings (SSSR count). The number of rotatable bonds is 0. The summed E-state index contributed by atoms with van der Waals surface area (Å²) in [5.74, 6) is 3.52. The molecule has 2 fully saturated rings. The molecule has 4 atom stereocenters. The van der Waals surface area contributed by atoms with E-state index in [-0.39, 0.29) is 5.41 Å². The van der Waals surface area contributed by atoms with Gasteiger partial charge in [-0.15, -0.1) is 0 Å². The Morgan fingerprint density at radius 1 is 1.19 bits per heavy atom. The molecule has 0 N–H and O–H groups in total. The minimum absolute atomic E-state index is 0.215. The molecule has 0 radical (unpaired) electrons. The van der Waals surface area contributed by atoms with Crippen molar-refractivity contribution in [1.82, 2.24) is 4.90 Å². The normalized spacial score (nSPS) is 38.9. The highest BCUT2D eigenvalue weighted by atomic mass is 16.2. The van der Waals surface area contributed by atoms with Gasteiger partial charge in [-0.3, -0.25) is 4.79 Å². The van der Waals surface area contributed by atoms with Gasteiger partial charge >= 0.3 is 0 Å². The lowest BCUT2D eigenvalue weighted by Crippen LogP contribution is -2.39. The first kappa shape index (κ1) is 11.9. The lowest BCUT2D eigenvalue weighted by atomic mass is 9.91. The van der Waals surface area contributed by atoms with E-state index in [1.165, 1.54) is 6.42 Å². The van der Waals surface area contributed by atoms with Crippen LogP contribution in [-0.2, 0) is 4.79 Å². The van der Waals surface area contributed by atoms with Gasteiger partial charge in [-0.2, -0.15) is 0 Å². The van der Waals surface area contributed by atoms with Gasteiger partial charge in [0.15, 0.2) is 0 Å². The zero-order valence-electron chi connectivity index (χ0n) is 11.3. The Kier molecular flexibility index (Phi) is 2.80. The number of carbonyl (C=O) groups is 1. The van der Waals surface area contributed by atoms with Gasteiger partial charge in [-0.05, 0) is 30.1 Å². The zero-order chi connectivity index (χ0) is 12.1. The Balaban J connectivity index is 2.03. The Bertz CT molecular complexity index is 292. The monoisotopic (exact) mass is 223 g/mol. The average Bonchev–Trinajstić information content (AvgIpc) is 2.66. The third kappa shape index (κ3) is 1.87. The lowest BCUT2D eigenvalue weighted by molar-refractivity contribution is -0.138. The third-order valence-corrected chi connectivity index (χ3v) is 4.67. The molecule has 0 aromatic carbocycles. The minimum atomic E-state index is -0.215. The zero-order valence-corrected chi connectivity index (χ0v) is 11.3. The highest BCUT2D eigenvalue weighted by Crippen LogP contribution is 2.46. The molecule has 1 saturated heterocycles. The first-order chi connectivity index (χ1) is 7.30. The van der Waals surface area contributed by atoms with Gasteiger partial charge < -0.3 is 4.90 Å². The van der Waals surface area contributed by atoms with E-state index in [1.54, 1.807) is 0 Å². The Morgan fingerprint density at radius 3 is 2.31 bits per heavy atom. The van der Waals surface area contributed by atoms with Crippen LogP contribution in [0.2, 0.25) is 0 Å². The number of nitrogens with zero attached hydrogens (tertiary/aromatic N) is 1. The molecule has 2 aliphatic rings. The molecule has 92 valence electrons. The first-order valence-corrected chi connectivity index (χ1v) is 6.60. The molecule has 0 aromatic heterocycles. The van der Waals surface area contributed by atoms with Gasteiger partial charge in [0.05, 0.1) is 0 Å². The summed E-state index contributed by atoms with van der Waals surface area (Å²) in [5, 5.41) is 0. The van der Waals surface area contributed by atoms with Crippen LogP contribution in [0.15, 0.2) is 0 Å². The molecule has 16 heavy (non-hydrogen) atoms. The number of hydrogen-bond acceptors (Lipinski definition) is 1. The smallest absolute Gasteiger partial charge is 0.227 e. The average molecular weight is 223 g/mol. The topological polar surface area (TPSA) is 20.3 Å². The Labute approximate surface area is 99.4 Å². The summed E-state index contributed by atoms with van der Waals surface area (Å²) >= 11 is 0. The summed E-state index contributed by atoms with van der Waals surface area (Å²) in [5.41, 5.74) is -0.215. The van der Waals surface area contributed by atoms with E-state index in [4.69, 9.17) is 0 Å². The standard InChI is InChI=1S/C14H25NO/c1-9-6-11-7-15(8-12(11)10(9)2)13(16)14(3,4)5/h9-12H,6-8H2,1-5H3/t9-,10+,11-,12-/m1/s1. The summed E-state index contributed by atoms with van der Waals surface area (Å²) in [6.45, 7) is 12.8. The van der Waals surface area contributed by atoms with E-state index in [0.29, 0.717) is 5.91 Å². The van der Waals surface area contributed by atoms with Crippen LogP contribution in [0.5, 0.6) is 0 Å². The van der Waals surface area contributed by atoms with Crippen molar-refractivity contribution in [2.45, 2.75) is 41.0 Å². The fourth-order valence-corrected chi connectivity index (χ4v) is 3.50. The maximum atomic E-state index is 12.2. The molecule has 0 spiro atoms. The van der Waals surface area contributed by atoms with Crippen LogP contribution in [0.4, 0.5) is 0 Å². The van der Waals surface area contributed by atoms with Crippen LogP contribution in [0.1, 0.15) is 41.0 Å². The van der Waals surface area contributed by atoms with Gasteiger partial charge in [0, 0.05) is 18.5 Å². The van der Waals surface area contributed by atoms with E-state index in [0.717, 1.165) is 36.8 Å². The fraction of sp³-hybridized carbons (Fsp3) is 0.929. The van der Waals surface area contributed by atoms with E-state index in [1.807, 2.05) is 20.8 Å². The van der Waals surface area contributed by atoms with Gasteiger partial charge in [-0.1, -0.05) is 34.6 Å². The van der Waals surface area contributed by atoms with Crippen molar-refractivity contribution in [3.05, 3.63) is 0 Å². The second-order valence-corrected chi connectivity index (χ2v) is 6.96. The number of likely N-dealkylation sites (tertiary alicyclic amines) is 1. The van der Waals surface area contributed by atoms with Gasteiger partial charge in [0.25, 0.3) is 0 Å². The predicted molar refractivity (Wildman–Crippen MR) is 66.0 cm³/mol. The van der Waals surface area contributed by atoms with Crippen LogP contribution in [0.25, 0.3) is 0 Å². The van der Waals surface area contributed by atoms with Crippen molar-refractivity contribution in [2.75, 3.05) is 13.1 Å². The molecular weight excluding hydrogens is 198 g/mol. The molecule has 0 bridgehead atoms. The van der Waals surface area contributed by atoms with Gasteiger partial charge in [-0.25, -0.2) is 0 Å². The number of fused-ring (bicyclic) bond motifs is 1. The molecule has 2 nitrogen and oxygen atoms in total. The van der Waals surface area contributed by atoms with E-state index < -0.39 is 0 Å². The summed E-state index contributed by atoms with van der Waals surface area (Å²) < 4.78 is 0. The van der Waals surface area contributed by atoms with Crippen molar-refractivity contribution in [2.24, 2.45) is 29.1 Å². The molecular formula is C14H25NO. The molecule has 1 aliphatic carbocycles. The summed E-state index contributed by atoms with van der Waals surface area (Å²) in [4.78, 5) is 14.3. The summed E-state index contributed by atoms with van der Waals surface area (Å²) in [6.07, 6.45) is 1.32. The number of carbonyl (C=O) groups excluding carboxylic acids is 1. The van der Waals surface area contributed by atoms with Crippen LogP contribution < -0.4 is 0 Å². The maximum absolute atomic E-state index is 12.2. The van der Waals surface area contributed by atoms with Crippen molar-refractivity contribution < 1.29 is 4.79 Å². The second-order valence-electron chi connectivity index (χ2n) is 6.96. The quantitative estimate of drug-likeness (QED) is 0.618. The first-order valence-electron chi connectivity index (χ1n) is 6.60. The fourth-order valence-electron chi connectivity index (χ4n) is 3.50. The molecule has 0 unspecified atom stereocenters. The predicted octanol–water partition coefficient (Wildman–Crippen LogP) is 2.78. The van der Waals surface area contributed by atoms with Crippen LogP contribution in [-0.4, -0.2) is 23.9 Å². The minimum Gasteiger partial charge on any atom is -0.342 e. The van der Waals surface area contributed by atoms with E-state index in [2.05, 4.69) is 18.7 Å². The molecule has 2 heteroatoms. The summed E-state index contributed by atoms with van der Waals surface area (Å²) in [6, 6.07) is 0. The second kappa shape index (κ2) is 3.75. The molecule has 0 aromatic rings. The highest BCUT2D eigenvalue weighted by molar-refractivity contribution is 5.81. The Hall–Kier alpha value is -0.530. The maximum Gasteiger partial charge on any atom is 0.227 e. The van der Waals surface area contributed by atoms with Crippen LogP contribution >= 0.6 is 0 Å². The summed E-state index contributed by atoms with van der Waals surface area (Å²) in [7, 11) is 0. The third-order valence-electron chi connectivity index (χ3n) is 4.67. The largest absolute Gasteiger partial charge is 0.342 e. The van der Waals surface area contributed by atoms with Crippen LogP contribution in [0.3, 0.4) is 0 Å². The number of hydrogen-bond donors (Lipinski definition) is 0.